The predicted octanol–water partition coefficient (Wildman–Crippen LogP) is 4.01. The van der Waals surface area contributed by atoms with Gasteiger partial charge < -0.3 is 5.11 Å². The average molecular weight is 313 g/mol. The lowest BCUT2D eigenvalue weighted by Crippen LogP contribution is -2.02. The second-order valence-electron chi connectivity index (χ2n) is 4.99. The molecule has 1 heterocycles. The third kappa shape index (κ3) is 3.17. The van der Waals surface area contributed by atoms with Crippen molar-refractivity contribution in [3.8, 4) is 0 Å². The van der Waals surface area contributed by atoms with Crippen LogP contribution in [-0.4, -0.2) is 14.9 Å². The molecule has 108 valence electrons. The Morgan fingerprint density at radius 3 is 2.60 bits per heavy atom. The molecule has 0 radical (unpaired) electrons. The molecule has 1 unspecified atom stereocenters. The first-order valence-electron chi connectivity index (χ1n) is 6.52. The predicted molar refractivity (Wildman–Crippen MR) is 82.4 cm³/mol. The maximum absolute atomic E-state index is 10.3. The zero-order chi connectivity index (χ0) is 14.9. The minimum atomic E-state index is -0.625. The molecule has 20 heavy (non-hydrogen) atoms. The van der Waals surface area contributed by atoms with Gasteiger partial charge in [-0.3, -0.25) is 4.68 Å². The van der Waals surface area contributed by atoms with E-state index in [0.29, 0.717) is 22.0 Å². The van der Waals surface area contributed by atoms with Crippen LogP contribution >= 0.6 is 23.2 Å². The summed E-state index contributed by atoms with van der Waals surface area (Å²) < 4.78 is 1.86. The Morgan fingerprint density at radius 1 is 1.30 bits per heavy atom. The van der Waals surface area contributed by atoms with Crippen LogP contribution in [0.1, 0.15) is 35.0 Å². The highest BCUT2D eigenvalue weighted by molar-refractivity contribution is 6.33. The molecular formula is C15H18Cl2N2O. The van der Waals surface area contributed by atoms with Gasteiger partial charge in [0.15, 0.2) is 0 Å². The number of aromatic nitrogens is 2. The van der Waals surface area contributed by atoms with Crippen LogP contribution in [0.25, 0.3) is 0 Å². The Morgan fingerprint density at radius 2 is 2.00 bits per heavy atom. The van der Waals surface area contributed by atoms with E-state index in [9.17, 15) is 5.11 Å². The minimum absolute atomic E-state index is 0.543. The van der Waals surface area contributed by atoms with Gasteiger partial charge in [-0.1, -0.05) is 23.2 Å². The fourth-order valence-corrected chi connectivity index (χ4v) is 2.81. The lowest BCUT2D eigenvalue weighted by Gasteiger charge is -2.13. The van der Waals surface area contributed by atoms with Crippen molar-refractivity contribution < 1.29 is 5.11 Å². The molecule has 1 N–H and O–H groups in total. The Hall–Kier alpha value is -1.03. The third-order valence-corrected chi connectivity index (χ3v) is 4.22. The number of benzene rings is 1. The summed E-state index contributed by atoms with van der Waals surface area (Å²) in [6.07, 6.45) is 0.725. The molecule has 3 nitrogen and oxygen atoms in total. The quantitative estimate of drug-likeness (QED) is 0.926. The molecule has 0 aliphatic heterocycles. The van der Waals surface area contributed by atoms with Gasteiger partial charge >= 0.3 is 0 Å². The average Bonchev–Trinajstić information content (AvgIpc) is 2.64. The molecule has 0 saturated carbocycles. The van der Waals surface area contributed by atoms with Crippen molar-refractivity contribution in [3.63, 3.8) is 0 Å². The number of aliphatic hydroxyl groups excluding tert-OH is 1. The van der Waals surface area contributed by atoms with Gasteiger partial charge in [-0.25, -0.2) is 0 Å². The number of nitrogens with zero attached hydrogens (tertiary/aromatic N) is 2. The molecule has 1 aromatic carbocycles. The summed E-state index contributed by atoms with van der Waals surface area (Å²) in [4.78, 5) is 0. The van der Waals surface area contributed by atoms with Crippen molar-refractivity contribution in [2.24, 2.45) is 7.05 Å². The number of aliphatic hydroxyl groups is 1. The van der Waals surface area contributed by atoms with E-state index < -0.39 is 6.10 Å². The molecule has 2 aromatic rings. The van der Waals surface area contributed by atoms with Gasteiger partial charge in [0.2, 0.25) is 0 Å². The zero-order valence-electron chi connectivity index (χ0n) is 11.8. The summed E-state index contributed by atoms with van der Waals surface area (Å²) in [6.45, 7) is 4.02. The van der Waals surface area contributed by atoms with Gasteiger partial charge in [0, 0.05) is 28.4 Å². The van der Waals surface area contributed by atoms with Gasteiger partial charge in [0.25, 0.3) is 0 Å². The molecule has 1 aromatic heterocycles. The fourth-order valence-electron chi connectivity index (χ4n) is 2.39. The van der Waals surface area contributed by atoms with Crippen molar-refractivity contribution in [3.05, 3.63) is 50.8 Å². The van der Waals surface area contributed by atoms with E-state index in [1.54, 1.807) is 18.2 Å². The number of hydrogen-bond acceptors (Lipinski definition) is 2. The van der Waals surface area contributed by atoms with E-state index >= 15 is 0 Å². The Balaban J connectivity index is 2.12. The monoisotopic (exact) mass is 312 g/mol. The Labute approximate surface area is 129 Å². The third-order valence-electron chi connectivity index (χ3n) is 3.64. The summed E-state index contributed by atoms with van der Waals surface area (Å²) in [5.74, 6) is 0. The van der Waals surface area contributed by atoms with Crippen LogP contribution in [0.3, 0.4) is 0 Å². The van der Waals surface area contributed by atoms with E-state index in [2.05, 4.69) is 5.10 Å². The molecule has 0 bridgehead atoms. The van der Waals surface area contributed by atoms with Crippen LogP contribution in [0.5, 0.6) is 0 Å². The summed E-state index contributed by atoms with van der Waals surface area (Å²) in [5.41, 5.74) is 4.00. The second-order valence-corrected chi connectivity index (χ2v) is 5.84. The van der Waals surface area contributed by atoms with Gasteiger partial charge in [-0.15, -0.1) is 0 Å². The smallest absolute Gasteiger partial charge is 0.0808 e. The Kier molecular flexibility index (Phi) is 4.74. The van der Waals surface area contributed by atoms with Crippen LogP contribution in [0.4, 0.5) is 0 Å². The van der Waals surface area contributed by atoms with Crippen molar-refractivity contribution >= 4 is 23.2 Å². The molecule has 5 heteroatoms. The largest absolute Gasteiger partial charge is 0.388 e. The molecule has 0 saturated heterocycles. The molecule has 0 aliphatic carbocycles. The lowest BCUT2D eigenvalue weighted by molar-refractivity contribution is 0.168. The molecule has 0 aliphatic rings. The fraction of sp³-hybridized carbons (Fsp3) is 0.400. The van der Waals surface area contributed by atoms with Gasteiger partial charge in [-0.2, -0.15) is 5.10 Å². The van der Waals surface area contributed by atoms with E-state index in [0.717, 1.165) is 17.8 Å². The molecule has 0 spiro atoms. The highest BCUT2D eigenvalue weighted by atomic mass is 35.5. The van der Waals surface area contributed by atoms with E-state index in [1.807, 2.05) is 25.6 Å². The van der Waals surface area contributed by atoms with E-state index in [-0.39, 0.29) is 0 Å². The van der Waals surface area contributed by atoms with Gasteiger partial charge in [0.1, 0.15) is 0 Å². The van der Waals surface area contributed by atoms with Crippen LogP contribution in [0, 0.1) is 13.8 Å². The van der Waals surface area contributed by atoms with E-state index in [4.69, 9.17) is 23.2 Å². The molecule has 0 amide bonds. The van der Waals surface area contributed by atoms with Crippen LogP contribution in [0.15, 0.2) is 18.2 Å². The maximum Gasteiger partial charge on any atom is 0.0808 e. The topological polar surface area (TPSA) is 38.0 Å². The van der Waals surface area contributed by atoms with E-state index in [1.165, 1.54) is 5.56 Å². The SMILES string of the molecule is Cc1nn(C)c(C)c1CCC(O)c1cc(Cl)ccc1Cl. The highest BCUT2D eigenvalue weighted by Crippen LogP contribution is 2.29. The molecule has 1 atom stereocenters. The zero-order valence-corrected chi connectivity index (χ0v) is 13.3. The van der Waals surface area contributed by atoms with Gasteiger partial charge in [0.05, 0.1) is 11.8 Å². The van der Waals surface area contributed by atoms with Crippen LogP contribution in [0.2, 0.25) is 10.0 Å². The lowest BCUT2D eigenvalue weighted by atomic mass is 10.0. The second kappa shape index (κ2) is 6.17. The number of hydrogen-bond donors (Lipinski definition) is 1. The first-order chi connectivity index (χ1) is 9.40. The maximum atomic E-state index is 10.3. The summed E-state index contributed by atoms with van der Waals surface area (Å²) in [5, 5.41) is 15.8. The first-order valence-corrected chi connectivity index (χ1v) is 7.28. The Bertz CT molecular complexity index is 623. The summed E-state index contributed by atoms with van der Waals surface area (Å²) >= 11 is 12.1. The van der Waals surface area contributed by atoms with Crippen molar-refractivity contribution in [1.29, 1.82) is 0 Å². The van der Waals surface area contributed by atoms with Crippen LogP contribution in [-0.2, 0) is 13.5 Å². The molecule has 2 rings (SSSR count). The van der Waals surface area contributed by atoms with Crippen molar-refractivity contribution in [2.45, 2.75) is 32.8 Å². The standard InChI is InChI=1S/C15H18Cl2N2O/c1-9-12(10(2)19(3)18-9)5-7-15(20)13-8-11(16)4-6-14(13)17/h4,6,8,15,20H,5,7H2,1-3H3. The van der Waals surface area contributed by atoms with Crippen molar-refractivity contribution in [2.75, 3.05) is 0 Å². The number of aryl methyl sites for hydroxylation is 2. The van der Waals surface area contributed by atoms with Crippen LogP contribution < -0.4 is 0 Å². The number of halogens is 2. The first kappa shape index (κ1) is 15.4. The van der Waals surface area contributed by atoms with Gasteiger partial charge in [-0.05, 0) is 50.5 Å². The normalized spacial score (nSPS) is 12.7. The molecular weight excluding hydrogens is 295 g/mol. The summed E-state index contributed by atoms with van der Waals surface area (Å²) in [6, 6.07) is 5.15. The van der Waals surface area contributed by atoms with Crippen molar-refractivity contribution in [1.82, 2.24) is 9.78 Å². The minimum Gasteiger partial charge on any atom is -0.388 e. The highest BCUT2D eigenvalue weighted by Gasteiger charge is 2.15. The number of rotatable bonds is 4. The summed E-state index contributed by atoms with van der Waals surface area (Å²) in [7, 11) is 1.93. The molecule has 0 fully saturated rings.